The van der Waals surface area contributed by atoms with E-state index in [4.69, 9.17) is 4.74 Å². The molecular weight excluding hydrogens is 392 g/mol. The third-order valence-electron chi connectivity index (χ3n) is 5.44. The fraction of sp³-hybridized carbons (Fsp3) is 0.200. The van der Waals surface area contributed by atoms with Gasteiger partial charge in [-0.3, -0.25) is 4.79 Å². The summed E-state index contributed by atoms with van der Waals surface area (Å²) in [4.78, 5) is 18.1. The molecule has 0 fully saturated rings. The Hall–Kier alpha value is -3.18. The van der Waals surface area contributed by atoms with Gasteiger partial charge in [0.2, 0.25) is 0 Å². The number of fused-ring (bicyclic) bond motifs is 3. The van der Waals surface area contributed by atoms with Gasteiger partial charge in [-0.2, -0.15) is 0 Å². The molecule has 0 aliphatic carbocycles. The number of ether oxygens (including phenoxy) is 1. The van der Waals surface area contributed by atoms with Gasteiger partial charge in [-0.25, -0.2) is 4.98 Å². The van der Waals surface area contributed by atoms with Gasteiger partial charge in [-0.1, -0.05) is 54.6 Å². The molecule has 4 aromatic rings. The predicted octanol–water partition coefficient (Wildman–Crippen LogP) is 5.47. The third-order valence-corrected chi connectivity index (χ3v) is 6.43. The lowest BCUT2D eigenvalue weighted by atomic mass is 10.0. The van der Waals surface area contributed by atoms with Crippen LogP contribution in [0.15, 0.2) is 70.8 Å². The van der Waals surface area contributed by atoms with Gasteiger partial charge in [0.15, 0.2) is 0 Å². The molecule has 5 heteroatoms. The highest BCUT2D eigenvalue weighted by Crippen LogP contribution is 2.37. The van der Waals surface area contributed by atoms with E-state index in [0.717, 1.165) is 46.1 Å². The summed E-state index contributed by atoms with van der Waals surface area (Å²) in [5.74, 6) is 0.732. The fourth-order valence-corrected chi connectivity index (χ4v) is 4.81. The molecule has 2 aromatic carbocycles. The molecule has 0 amide bonds. The lowest BCUT2D eigenvalue weighted by molar-refractivity contribution is 0.304. The van der Waals surface area contributed by atoms with Crippen molar-refractivity contribution >= 4 is 11.3 Å². The summed E-state index contributed by atoms with van der Waals surface area (Å²) in [7, 11) is 0. The van der Waals surface area contributed by atoms with Crippen LogP contribution in [0.2, 0.25) is 0 Å². The third kappa shape index (κ3) is 3.46. The van der Waals surface area contributed by atoms with Crippen LogP contribution in [0, 0.1) is 6.92 Å². The molecule has 0 radical (unpaired) electrons. The van der Waals surface area contributed by atoms with Crippen LogP contribution < -0.4 is 10.3 Å². The van der Waals surface area contributed by atoms with E-state index in [-0.39, 0.29) is 5.56 Å². The summed E-state index contributed by atoms with van der Waals surface area (Å²) >= 11 is 1.50. The Morgan fingerprint density at radius 2 is 1.87 bits per heavy atom. The van der Waals surface area contributed by atoms with Crippen molar-refractivity contribution in [1.82, 2.24) is 9.55 Å². The summed E-state index contributed by atoms with van der Waals surface area (Å²) < 4.78 is 8.23. The zero-order valence-corrected chi connectivity index (χ0v) is 17.6. The minimum atomic E-state index is 0.00288. The molecule has 0 atom stereocenters. The Labute approximate surface area is 179 Å². The maximum absolute atomic E-state index is 13.5. The Morgan fingerprint density at radius 1 is 1.07 bits per heavy atom. The SMILES string of the molecule is Cc1csc(-c2cc(OCc3ccccc3)c3n(c2=O)CCCc2ccccc2-3)n1. The maximum atomic E-state index is 13.5. The molecule has 0 bridgehead atoms. The van der Waals surface area contributed by atoms with E-state index in [1.807, 2.05) is 59.3 Å². The van der Waals surface area contributed by atoms with Crippen molar-refractivity contribution in [2.24, 2.45) is 0 Å². The monoisotopic (exact) mass is 414 g/mol. The van der Waals surface area contributed by atoms with E-state index in [1.54, 1.807) is 0 Å². The molecule has 0 saturated heterocycles. The van der Waals surface area contributed by atoms with E-state index < -0.39 is 0 Å². The smallest absolute Gasteiger partial charge is 0.261 e. The van der Waals surface area contributed by atoms with Gasteiger partial charge >= 0.3 is 0 Å². The van der Waals surface area contributed by atoms with Crippen molar-refractivity contribution < 1.29 is 4.74 Å². The zero-order chi connectivity index (χ0) is 20.5. The molecule has 0 saturated carbocycles. The van der Waals surface area contributed by atoms with Gasteiger partial charge in [0, 0.05) is 23.2 Å². The quantitative estimate of drug-likeness (QED) is 0.445. The van der Waals surface area contributed by atoms with Gasteiger partial charge in [-0.15, -0.1) is 11.3 Å². The summed E-state index contributed by atoms with van der Waals surface area (Å²) in [6, 6.07) is 20.3. The molecule has 0 unspecified atom stereocenters. The molecule has 0 spiro atoms. The second-order valence-electron chi connectivity index (χ2n) is 7.56. The highest BCUT2D eigenvalue weighted by Gasteiger charge is 2.23. The Kier molecular flexibility index (Phi) is 4.97. The molecule has 1 aliphatic heterocycles. The summed E-state index contributed by atoms with van der Waals surface area (Å²) in [5.41, 5.74) is 5.84. The van der Waals surface area contributed by atoms with E-state index >= 15 is 0 Å². The van der Waals surface area contributed by atoms with Gasteiger partial charge in [0.25, 0.3) is 5.56 Å². The van der Waals surface area contributed by atoms with Crippen LogP contribution in [0.3, 0.4) is 0 Å². The first-order chi connectivity index (χ1) is 14.7. The minimum absolute atomic E-state index is 0.00288. The zero-order valence-electron chi connectivity index (χ0n) is 16.8. The highest BCUT2D eigenvalue weighted by molar-refractivity contribution is 7.13. The minimum Gasteiger partial charge on any atom is -0.487 e. The van der Waals surface area contributed by atoms with Crippen molar-refractivity contribution in [2.45, 2.75) is 32.9 Å². The van der Waals surface area contributed by atoms with Crippen LogP contribution in [0.4, 0.5) is 0 Å². The average molecular weight is 415 g/mol. The Balaban J connectivity index is 1.70. The van der Waals surface area contributed by atoms with E-state index in [2.05, 4.69) is 23.2 Å². The lowest BCUT2D eigenvalue weighted by Crippen LogP contribution is -2.24. The van der Waals surface area contributed by atoms with Gasteiger partial charge in [0.05, 0.1) is 11.3 Å². The van der Waals surface area contributed by atoms with Gasteiger partial charge < -0.3 is 9.30 Å². The van der Waals surface area contributed by atoms with Crippen molar-refractivity contribution in [3.8, 4) is 27.6 Å². The lowest BCUT2D eigenvalue weighted by Gasteiger charge is -2.18. The van der Waals surface area contributed by atoms with Crippen molar-refractivity contribution in [1.29, 1.82) is 0 Å². The molecule has 0 N–H and O–H groups in total. The number of hydrogen-bond acceptors (Lipinski definition) is 4. The fourth-order valence-electron chi connectivity index (χ4n) is 4.01. The molecule has 3 heterocycles. The molecule has 1 aliphatic rings. The Morgan fingerprint density at radius 3 is 2.67 bits per heavy atom. The molecular formula is C25H22N2O2S. The second kappa shape index (κ2) is 7.92. The Bertz CT molecular complexity index is 1260. The van der Waals surface area contributed by atoms with E-state index in [0.29, 0.717) is 18.7 Å². The molecule has 150 valence electrons. The number of hydrogen-bond donors (Lipinski definition) is 0. The van der Waals surface area contributed by atoms with Crippen LogP contribution in [0.1, 0.15) is 23.2 Å². The summed E-state index contributed by atoms with van der Waals surface area (Å²) in [5, 5.41) is 2.72. The van der Waals surface area contributed by atoms with E-state index in [1.165, 1.54) is 16.9 Å². The predicted molar refractivity (Wildman–Crippen MR) is 121 cm³/mol. The van der Waals surface area contributed by atoms with Crippen molar-refractivity contribution in [3.63, 3.8) is 0 Å². The second-order valence-corrected chi connectivity index (χ2v) is 8.41. The first-order valence-electron chi connectivity index (χ1n) is 10.2. The van der Waals surface area contributed by atoms with Crippen LogP contribution in [-0.4, -0.2) is 9.55 Å². The highest BCUT2D eigenvalue weighted by atomic mass is 32.1. The first kappa shape index (κ1) is 18.8. The summed E-state index contributed by atoms with van der Waals surface area (Å²) in [6.07, 6.45) is 1.86. The van der Waals surface area contributed by atoms with Crippen LogP contribution in [0.5, 0.6) is 5.75 Å². The number of aromatic nitrogens is 2. The maximum Gasteiger partial charge on any atom is 0.261 e. The van der Waals surface area contributed by atoms with Gasteiger partial charge in [0.1, 0.15) is 17.4 Å². The average Bonchev–Trinajstić information content (AvgIpc) is 3.10. The number of thiazole rings is 1. The van der Waals surface area contributed by atoms with Crippen LogP contribution >= 0.6 is 11.3 Å². The van der Waals surface area contributed by atoms with Crippen LogP contribution in [0.25, 0.3) is 21.8 Å². The molecule has 5 rings (SSSR count). The normalized spacial score (nSPS) is 12.7. The largest absolute Gasteiger partial charge is 0.487 e. The number of aryl methyl sites for hydroxylation is 2. The standard InChI is InChI=1S/C25H22N2O2S/c1-17-16-30-24(26-17)21-14-22(29-15-18-8-3-2-4-9-18)23-20-12-6-5-10-19(20)11-7-13-27(23)25(21)28/h2-6,8-10,12,14,16H,7,11,13,15H2,1H3. The van der Waals surface area contributed by atoms with E-state index in [9.17, 15) is 4.79 Å². The van der Waals surface area contributed by atoms with Crippen LogP contribution in [-0.2, 0) is 19.6 Å². The number of rotatable bonds is 4. The molecule has 2 aromatic heterocycles. The summed E-state index contributed by atoms with van der Waals surface area (Å²) in [6.45, 7) is 3.07. The number of pyridine rings is 1. The van der Waals surface area contributed by atoms with Crippen molar-refractivity contribution in [3.05, 3.63) is 93.2 Å². The van der Waals surface area contributed by atoms with Crippen molar-refractivity contribution in [2.75, 3.05) is 0 Å². The van der Waals surface area contributed by atoms with Gasteiger partial charge in [-0.05, 0) is 37.0 Å². The topological polar surface area (TPSA) is 44.1 Å². The number of benzene rings is 2. The number of nitrogens with zero attached hydrogens (tertiary/aromatic N) is 2. The first-order valence-corrected chi connectivity index (χ1v) is 11.0. The molecule has 4 nitrogen and oxygen atoms in total. The molecule has 30 heavy (non-hydrogen) atoms.